The first-order chi connectivity index (χ1) is 35.6. The minimum atomic E-state index is -5.45. The summed E-state index contributed by atoms with van der Waals surface area (Å²) in [6.07, 6.45) is 36.8. The molecular formula is C53H87N3O16P2. The van der Waals surface area contributed by atoms with Gasteiger partial charge in [-0.2, -0.15) is 9.29 Å². The van der Waals surface area contributed by atoms with Crippen LogP contribution in [0.1, 0.15) is 187 Å². The van der Waals surface area contributed by atoms with E-state index in [1.165, 1.54) is 38.2 Å². The van der Waals surface area contributed by atoms with Gasteiger partial charge in [0.25, 0.3) is 0 Å². The van der Waals surface area contributed by atoms with Crippen LogP contribution in [0.3, 0.4) is 0 Å². The Morgan fingerprint density at radius 1 is 0.689 bits per heavy atom. The fourth-order valence-corrected chi connectivity index (χ4v) is 9.71. The normalized spacial score (nSPS) is 19.3. The zero-order chi connectivity index (χ0) is 54.3. The highest BCUT2D eigenvalue weighted by molar-refractivity contribution is 7.61. The molecule has 1 aliphatic heterocycles. The number of aliphatic hydroxyl groups is 2. The lowest BCUT2D eigenvalue weighted by Crippen LogP contribution is -2.36. The van der Waals surface area contributed by atoms with Crippen molar-refractivity contribution >= 4 is 39.2 Å². The molecule has 0 amide bonds. The topological polar surface area (TPSA) is 283 Å². The number of hydrogen-bond donors (Lipinski definition) is 5. The van der Waals surface area contributed by atoms with Crippen LogP contribution in [0.4, 0.5) is 5.82 Å². The zero-order valence-electron chi connectivity index (χ0n) is 43.9. The minimum absolute atomic E-state index is 0.00853. The summed E-state index contributed by atoms with van der Waals surface area (Å²) in [5, 5.41) is 20.9. The fourth-order valence-electron chi connectivity index (χ4n) is 7.60. The second-order valence-electron chi connectivity index (χ2n) is 18.4. The number of unbranched alkanes of at least 4 members (excludes halogenated alkanes) is 17. The van der Waals surface area contributed by atoms with Crippen molar-refractivity contribution in [3.8, 4) is 0 Å². The average Bonchev–Trinajstić information content (AvgIpc) is 3.63. The van der Waals surface area contributed by atoms with E-state index >= 15 is 0 Å². The van der Waals surface area contributed by atoms with Crippen LogP contribution in [0.15, 0.2) is 77.8 Å². The second-order valence-corrected chi connectivity index (χ2v) is 21.4. The highest BCUT2D eigenvalue weighted by atomic mass is 31.3. The standard InChI is InChI=1S/C53H87N3O16P2/c1-3-5-7-9-11-12-13-14-15-16-17-18-19-20-21-22-23-25-29-34-38-49(59)70-45(41-67-48(58)37-33-30-26-28-32-36-44(57)35-31-27-24-10-8-6-4-2)42-68-73(63,64)72-74(65,66)69-43-46-50(60)51(61)52(71-46)56-40-39-47(54)55-53(56)62/h12-13,15-16,18-19,24,27,31,35,39-40,45-46,50-52,60-61H,3-11,14,17,20-23,25-26,28-30,32-34,36-38,41-43H2,1-2H3,(H,63,64)(H,65,66)(H2,54,55,62)/b13-12-,16-15-,19-18-,27-24-,35-31+/t45-,46-,50-,51-,52-/m1/s1. The minimum Gasteiger partial charge on any atom is -0.462 e. The summed E-state index contributed by atoms with van der Waals surface area (Å²) >= 11 is 0. The second kappa shape index (κ2) is 40.4. The Kier molecular flexibility index (Phi) is 36.2. The monoisotopic (exact) mass is 1080 g/mol. The van der Waals surface area contributed by atoms with Crippen LogP contribution in [0.25, 0.3) is 0 Å². The number of carbonyl (C=O) groups is 3. The smallest absolute Gasteiger partial charge is 0.462 e. The van der Waals surface area contributed by atoms with Crippen LogP contribution in [0.2, 0.25) is 0 Å². The van der Waals surface area contributed by atoms with Gasteiger partial charge in [0, 0.05) is 25.5 Å². The van der Waals surface area contributed by atoms with Gasteiger partial charge in [-0.1, -0.05) is 146 Å². The van der Waals surface area contributed by atoms with Gasteiger partial charge in [0.15, 0.2) is 18.1 Å². The molecule has 7 atom stereocenters. The molecule has 19 nitrogen and oxygen atoms in total. The van der Waals surface area contributed by atoms with E-state index in [1.54, 1.807) is 12.2 Å². The van der Waals surface area contributed by atoms with Crippen LogP contribution in [0, 0.1) is 0 Å². The summed E-state index contributed by atoms with van der Waals surface area (Å²) in [6, 6.07) is 1.24. The summed E-state index contributed by atoms with van der Waals surface area (Å²) in [6.45, 7) is 1.97. The Balaban J connectivity index is 1.81. The number of phosphoric acid groups is 2. The fraction of sp³-hybridized carbons (Fsp3) is 0.679. The summed E-state index contributed by atoms with van der Waals surface area (Å²) in [4.78, 5) is 74.1. The lowest BCUT2D eigenvalue weighted by atomic mass is 10.1. The average molecular weight is 1080 g/mol. The quantitative estimate of drug-likeness (QED) is 0.0101. The maximum Gasteiger partial charge on any atom is 0.481 e. The molecule has 1 saturated heterocycles. The van der Waals surface area contributed by atoms with Crippen molar-refractivity contribution in [2.24, 2.45) is 0 Å². The summed E-state index contributed by atoms with van der Waals surface area (Å²) in [5.41, 5.74) is 4.58. The molecule has 0 aliphatic carbocycles. The van der Waals surface area contributed by atoms with E-state index in [9.17, 15) is 48.3 Å². The molecule has 1 aromatic heterocycles. The number of carbonyl (C=O) groups excluding carboxylic acids is 3. The van der Waals surface area contributed by atoms with Gasteiger partial charge < -0.3 is 39.9 Å². The molecule has 1 aliphatic rings. The first-order valence-electron chi connectivity index (χ1n) is 26.8. The number of aliphatic hydroxyl groups excluding tert-OH is 2. The van der Waals surface area contributed by atoms with Crippen molar-refractivity contribution < 1.29 is 71.1 Å². The predicted molar refractivity (Wildman–Crippen MR) is 284 cm³/mol. The third kappa shape index (κ3) is 32.5. The van der Waals surface area contributed by atoms with E-state index in [-0.39, 0.29) is 24.4 Å². The molecule has 420 valence electrons. The molecule has 2 heterocycles. The van der Waals surface area contributed by atoms with Crippen molar-refractivity contribution in [1.29, 1.82) is 0 Å². The third-order valence-corrected chi connectivity index (χ3v) is 14.4. The molecule has 0 spiro atoms. The van der Waals surface area contributed by atoms with E-state index in [1.807, 2.05) is 6.08 Å². The molecule has 2 rings (SSSR count). The van der Waals surface area contributed by atoms with Crippen LogP contribution < -0.4 is 11.4 Å². The van der Waals surface area contributed by atoms with Crippen molar-refractivity contribution in [3.63, 3.8) is 0 Å². The van der Waals surface area contributed by atoms with Crippen molar-refractivity contribution in [2.45, 2.75) is 211 Å². The summed E-state index contributed by atoms with van der Waals surface area (Å²) in [5.74, 6) is -1.35. The number of nitrogens with two attached hydrogens (primary N) is 1. The lowest BCUT2D eigenvalue weighted by molar-refractivity contribution is -0.161. The van der Waals surface area contributed by atoms with Gasteiger partial charge in [-0.3, -0.25) is 28.0 Å². The Hall–Kier alpha value is -3.87. The van der Waals surface area contributed by atoms with Crippen LogP contribution in [-0.4, -0.2) is 91.5 Å². The lowest BCUT2D eigenvalue weighted by Gasteiger charge is -2.21. The Morgan fingerprint density at radius 3 is 1.85 bits per heavy atom. The SMILES string of the molecule is CCCCC/C=C\C=C\C(=O)CCCCCCCC(=O)OC[C@H](COP(=O)(O)OP(=O)(O)OC[C@H]1O[C@@H](n2ccc(N)nc2=O)[C@H](O)[C@@H]1O)OC(=O)CCCCCCCC/C=C\C/C=C\C/C=C\CCCCCC. The number of nitrogens with zero attached hydrogens (tertiary/aromatic N) is 2. The number of hydrogen-bond acceptors (Lipinski definition) is 16. The van der Waals surface area contributed by atoms with E-state index in [0.29, 0.717) is 25.7 Å². The molecule has 0 aromatic carbocycles. The summed E-state index contributed by atoms with van der Waals surface area (Å²) < 4.78 is 56.8. The van der Waals surface area contributed by atoms with Crippen LogP contribution in [-0.2, 0) is 51.1 Å². The van der Waals surface area contributed by atoms with Crippen molar-refractivity contribution in [1.82, 2.24) is 9.55 Å². The molecule has 21 heteroatoms. The third-order valence-electron chi connectivity index (χ3n) is 11.8. The highest BCUT2D eigenvalue weighted by Crippen LogP contribution is 2.60. The molecule has 74 heavy (non-hydrogen) atoms. The van der Waals surface area contributed by atoms with Crippen molar-refractivity contribution in [2.75, 3.05) is 25.6 Å². The number of anilines is 1. The molecule has 0 bridgehead atoms. The number of ether oxygens (including phenoxy) is 3. The Bertz CT molecular complexity index is 2040. The Morgan fingerprint density at radius 2 is 1.22 bits per heavy atom. The Labute approximate surface area is 438 Å². The molecule has 2 unspecified atom stereocenters. The number of rotatable bonds is 44. The van der Waals surface area contributed by atoms with Crippen LogP contribution >= 0.6 is 15.6 Å². The molecule has 0 radical (unpaired) electrons. The molecule has 6 N–H and O–H groups in total. The number of esters is 2. The molecule has 0 saturated carbocycles. The number of allylic oxidation sites excluding steroid dienone is 10. The van der Waals surface area contributed by atoms with E-state index in [0.717, 1.165) is 107 Å². The largest absolute Gasteiger partial charge is 0.481 e. The first kappa shape index (κ1) is 66.2. The zero-order valence-corrected chi connectivity index (χ0v) is 45.7. The molecular weight excluding hydrogens is 997 g/mol. The van der Waals surface area contributed by atoms with Gasteiger partial charge in [0.1, 0.15) is 30.7 Å². The maximum atomic E-state index is 12.9. The van der Waals surface area contributed by atoms with Gasteiger partial charge in [-0.15, -0.1) is 0 Å². The summed E-state index contributed by atoms with van der Waals surface area (Å²) in [7, 11) is -10.9. The van der Waals surface area contributed by atoms with E-state index < -0.39 is 83.7 Å². The number of aromatic nitrogens is 2. The van der Waals surface area contributed by atoms with Gasteiger partial charge >= 0.3 is 33.3 Å². The highest BCUT2D eigenvalue weighted by Gasteiger charge is 2.46. The first-order valence-corrected chi connectivity index (χ1v) is 29.7. The number of nitrogen functional groups attached to an aromatic ring is 1. The van der Waals surface area contributed by atoms with E-state index in [2.05, 4.69) is 65.7 Å². The van der Waals surface area contributed by atoms with Gasteiger partial charge in [0.2, 0.25) is 0 Å². The molecule has 1 fully saturated rings. The van der Waals surface area contributed by atoms with Gasteiger partial charge in [-0.25, -0.2) is 13.9 Å². The number of ketones is 1. The maximum absolute atomic E-state index is 12.9. The predicted octanol–water partition coefficient (Wildman–Crippen LogP) is 10.7. The molecule has 1 aromatic rings. The van der Waals surface area contributed by atoms with E-state index in [4.69, 9.17) is 29.0 Å². The number of phosphoric ester groups is 2. The van der Waals surface area contributed by atoms with Crippen LogP contribution in [0.5, 0.6) is 0 Å². The van der Waals surface area contributed by atoms with Gasteiger partial charge in [-0.05, 0) is 82.8 Å². The van der Waals surface area contributed by atoms with Crippen molar-refractivity contribution in [3.05, 3.63) is 83.5 Å². The van der Waals surface area contributed by atoms with Gasteiger partial charge in [0.05, 0.1) is 13.2 Å².